The second-order valence-corrected chi connectivity index (χ2v) is 6.34. The third kappa shape index (κ3) is 4.35. The topological polar surface area (TPSA) is 70.4 Å². The SMILES string of the molecule is CC(C)c1nccn1Cc1cccc(NC(=O)N(C)C(C)CO)c1. The molecule has 2 aromatic rings. The van der Waals surface area contributed by atoms with Crippen LogP contribution in [0.5, 0.6) is 0 Å². The summed E-state index contributed by atoms with van der Waals surface area (Å²) in [5.74, 6) is 1.40. The molecule has 24 heavy (non-hydrogen) atoms. The van der Waals surface area contributed by atoms with E-state index in [2.05, 4.69) is 28.7 Å². The van der Waals surface area contributed by atoms with E-state index in [1.807, 2.05) is 36.7 Å². The van der Waals surface area contributed by atoms with Gasteiger partial charge in [0, 0.05) is 37.6 Å². The van der Waals surface area contributed by atoms with Gasteiger partial charge in [-0.2, -0.15) is 0 Å². The minimum atomic E-state index is -0.237. The third-order valence-electron chi connectivity index (χ3n) is 4.04. The van der Waals surface area contributed by atoms with Gasteiger partial charge in [0.25, 0.3) is 0 Å². The molecule has 0 bridgehead atoms. The van der Waals surface area contributed by atoms with Crippen LogP contribution in [0.3, 0.4) is 0 Å². The highest BCUT2D eigenvalue weighted by Gasteiger charge is 2.15. The van der Waals surface area contributed by atoms with Crippen molar-refractivity contribution in [3.05, 3.63) is 48.0 Å². The highest BCUT2D eigenvalue weighted by Crippen LogP contribution is 2.17. The van der Waals surface area contributed by atoms with Crippen LogP contribution in [0.1, 0.15) is 38.1 Å². The van der Waals surface area contributed by atoms with E-state index in [1.165, 1.54) is 4.90 Å². The summed E-state index contributed by atoms with van der Waals surface area (Å²) in [5.41, 5.74) is 1.83. The summed E-state index contributed by atoms with van der Waals surface area (Å²) in [4.78, 5) is 18.1. The first-order valence-corrected chi connectivity index (χ1v) is 8.17. The first-order valence-electron chi connectivity index (χ1n) is 8.17. The molecule has 6 heteroatoms. The summed E-state index contributed by atoms with van der Waals surface area (Å²) in [5, 5.41) is 12.0. The molecular weight excluding hydrogens is 304 g/mol. The smallest absolute Gasteiger partial charge is 0.321 e. The molecule has 2 rings (SSSR count). The van der Waals surface area contributed by atoms with Crippen molar-refractivity contribution in [3.63, 3.8) is 0 Å². The number of amides is 2. The maximum Gasteiger partial charge on any atom is 0.321 e. The number of rotatable bonds is 6. The summed E-state index contributed by atoms with van der Waals surface area (Å²) in [6.45, 7) is 6.67. The van der Waals surface area contributed by atoms with Crippen molar-refractivity contribution in [2.24, 2.45) is 0 Å². The monoisotopic (exact) mass is 330 g/mol. The summed E-state index contributed by atoms with van der Waals surface area (Å²) in [7, 11) is 1.67. The van der Waals surface area contributed by atoms with E-state index in [9.17, 15) is 4.79 Å². The zero-order valence-corrected chi connectivity index (χ0v) is 14.7. The molecule has 0 saturated carbocycles. The fourth-order valence-corrected chi connectivity index (χ4v) is 2.43. The predicted octanol–water partition coefficient (Wildman–Crippen LogP) is 2.90. The van der Waals surface area contributed by atoms with Crippen molar-refractivity contribution in [1.29, 1.82) is 0 Å². The molecule has 6 nitrogen and oxygen atoms in total. The first kappa shape index (κ1) is 18.0. The number of carbonyl (C=O) groups excluding carboxylic acids is 1. The molecule has 0 aliphatic heterocycles. The van der Waals surface area contributed by atoms with Gasteiger partial charge in [-0.25, -0.2) is 9.78 Å². The van der Waals surface area contributed by atoms with Crippen molar-refractivity contribution in [3.8, 4) is 0 Å². The van der Waals surface area contributed by atoms with Crippen LogP contribution < -0.4 is 5.32 Å². The summed E-state index contributed by atoms with van der Waals surface area (Å²) in [6.07, 6.45) is 3.78. The molecule has 2 amide bonds. The van der Waals surface area contributed by atoms with Gasteiger partial charge in [-0.3, -0.25) is 0 Å². The van der Waals surface area contributed by atoms with Crippen molar-refractivity contribution in [2.75, 3.05) is 19.0 Å². The molecule has 1 aromatic carbocycles. The second-order valence-electron chi connectivity index (χ2n) is 6.34. The molecule has 0 aliphatic rings. The summed E-state index contributed by atoms with van der Waals surface area (Å²) in [6, 6.07) is 7.30. The lowest BCUT2D eigenvalue weighted by molar-refractivity contribution is 0.166. The number of anilines is 1. The molecule has 0 radical (unpaired) electrons. The van der Waals surface area contributed by atoms with Crippen LogP contribution in [-0.2, 0) is 6.54 Å². The molecule has 0 fully saturated rings. The van der Waals surface area contributed by atoms with E-state index < -0.39 is 0 Å². The Morgan fingerprint density at radius 1 is 1.38 bits per heavy atom. The minimum absolute atomic E-state index is 0.0669. The molecule has 130 valence electrons. The predicted molar refractivity (Wildman–Crippen MR) is 95.2 cm³/mol. The quantitative estimate of drug-likeness (QED) is 0.855. The van der Waals surface area contributed by atoms with Crippen LogP contribution in [0.4, 0.5) is 10.5 Å². The number of carbonyl (C=O) groups is 1. The van der Waals surface area contributed by atoms with Crippen molar-refractivity contribution in [1.82, 2.24) is 14.5 Å². The Bertz CT molecular complexity index is 681. The number of imidazole rings is 1. The third-order valence-corrected chi connectivity index (χ3v) is 4.04. The van der Waals surface area contributed by atoms with E-state index in [0.29, 0.717) is 12.5 Å². The Kier molecular flexibility index (Phi) is 5.98. The van der Waals surface area contributed by atoms with Crippen molar-refractivity contribution in [2.45, 2.75) is 39.3 Å². The Labute approximate surface area is 143 Å². The van der Waals surface area contributed by atoms with Gasteiger partial charge in [-0.05, 0) is 24.6 Å². The van der Waals surface area contributed by atoms with E-state index in [4.69, 9.17) is 5.11 Å². The number of aliphatic hydroxyl groups is 1. The minimum Gasteiger partial charge on any atom is -0.394 e. The second kappa shape index (κ2) is 7.97. The number of aromatic nitrogens is 2. The lowest BCUT2D eigenvalue weighted by atomic mass is 10.1. The maximum atomic E-state index is 12.2. The van der Waals surface area contributed by atoms with Crippen molar-refractivity contribution < 1.29 is 9.90 Å². The van der Waals surface area contributed by atoms with Gasteiger partial charge >= 0.3 is 6.03 Å². The lowest BCUT2D eigenvalue weighted by Crippen LogP contribution is -2.40. The van der Waals surface area contributed by atoms with Gasteiger partial charge in [-0.1, -0.05) is 26.0 Å². The van der Waals surface area contributed by atoms with Crippen LogP contribution in [0.2, 0.25) is 0 Å². The highest BCUT2D eigenvalue weighted by molar-refractivity contribution is 5.89. The summed E-state index contributed by atoms with van der Waals surface area (Å²) < 4.78 is 2.12. The van der Waals surface area contributed by atoms with Gasteiger partial charge in [0.1, 0.15) is 5.82 Å². The Balaban J connectivity index is 2.09. The lowest BCUT2D eigenvalue weighted by Gasteiger charge is -2.23. The number of benzene rings is 1. The average molecular weight is 330 g/mol. The van der Waals surface area contributed by atoms with Gasteiger partial charge in [0.2, 0.25) is 0 Å². The fraction of sp³-hybridized carbons (Fsp3) is 0.444. The zero-order chi connectivity index (χ0) is 17.7. The molecule has 1 atom stereocenters. The van der Waals surface area contributed by atoms with E-state index >= 15 is 0 Å². The van der Waals surface area contributed by atoms with Crippen LogP contribution in [0.15, 0.2) is 36.7 Å². The normalized spacial score (nSPS) is 12.2. The molecule has 1 aromatic heterocycles. The van der Waals surface area contributed by atoms with Crippen LogP contribution in [0.25, 0.3) is 0 Å². The van der Waals surface area contributed by atoms with E-state index in [0.717, 1.165) is 17.1 Å². The van der Waals surface area contributed by atoms with Gasteiger partial charge in [-0.15, -0.1) is 0 Å². The van der Waals surface area contributed by atoms with Crippen LogP contribution in [0, 0.1) is 0 Å². The number of nitrogens with one attached hydrogen (secondary N) is 1. The summed E-state index contributed by atoms with van der Waals surface area (Å²) >= 11 is 0. The molecule has 0 saturated heterocycles. The molecule has 1 unspecified atom stereocenters. The number of likely N-dealkylation sites (N-methyl/N-ethyl adjacent to an activating group) is 1. The standard InChI is InChI=1S/C18H26N4O2/c1-13(2)17-19-8-9-22(17)11-15-6-5-7-16(10-15)20-18(24)21(4)14(3)12-23/h5-10,13-14,23H,11-12H2,1-4H3,(H,20,24). The average Bonchev–Trinajstić information content (AvgIpc) is 3.02. The largest absolute Gasteiger partial charge is 0.394 e. The molecular formula is C18H26N4O2. The molecule has 2 N–H and O–H groups in total. The maximum absolute atomic E-state index is 12.2. The Hall–Kier alpha value is -2.34. The van der Waals surface area contributed by atoms with Gasteiger partial charge in [0.05, 0.1) is 12.6 Å². The number of urea groups is 1. The number of hydrogen-bond acceptors (Lipinski definition) is 3. The van der Waals surface area contributed by atoms with Crippen LogP contribution in [-0.4, -0.2) is 45.3 Å². The van der Waals surface area contributed by atoms with Gasteiger partial charge in [0.15, 0.2) is 0 Å². The highest BCUT2D eigenvalue weighted by atomic mass is 16.3. The number of hydrogen-bond donors (Lipinski definition) is 2. The van der Waals surface area contributed by atoms with E-state index in [-0.39, 0.29) is 18.7 Å². The van der Waals surface area contributed by atoms with Crippen molar-refractivity contribution >= 4 is 11.7 Å². The Morgan fingerprint density at radius 3 is 2.79 bits per heavy atom. The van der Waals surface area contributed by atoms with Gasteiger partial charge < -0.3 is 19.9 Å². The number of nitrogens with zero attached hydrogens (tertiary/aromatic N) is 3. The molecule has 0 aliphatic carbocycles. The van der Waals surface area contributed by atoms with Crippen LogP contribution >= 0.6 is 0 Å². The Morgan fingerprint density at radius 2 is 2.12 bits per heavy atom. The fourth-order valence-electron chi connectivity index (χ4n) is 2.43. The number of aliphatic hydroxyl groups excluding tert-OH is 1. The van der Waals surface area contributed by atoms with E-state index in [1.54, 1.807) is 14.0 Å². The zero-order valence-electron chi connectivity index (χ0n) is 14.7. The first-order chi connectivity index (χ1) is 11.4. The molecule has 0 spiro atoms. The molecule has 1 heterocycles.